The van der Waals surface area contributed by atoms with Crippen molar-refractivity contribution < 1.29 is 9.18 Å². The lowest BCUT2D eigenvalue weighted by atomic mass is 10.0. The average molecular weight is 365 g/mol. The smallest absolute Gasteiger partial charge is 0.241 e. The molecule has 0 aliphatic carbocycles. The first kappa shape index (κ1) is 19.1. The highest BCUT2D eigenvalue weighted by Crippen LogP contribution is 2.23. The third kappa shape index (κ3) is 4.93. The van der Waals surface area contributed by atoms with Crippen LogP contribution in [0.5, 0.6) is 0 Å². The predicted octanol–water partition coefficient (Wildman–Crippen LogP) is 3.78. The molecule has 1 saturated heterocycles. The number of hydrogen-bond donors (Lipinski definition) is 0. The second-order valence-corrected chi connectivity index (χ2v) is 6.86. The number of rotatable bonds is 7. The summed E-state index contributed by atoms with van der Waals surface area (Å²) in [5.74, 6) is -0.596. The Morgan fingerprint density at radius 2 is 1.93 bits per heavy atom. The maximum Gasteiger partial charge on any atom is 0.241 e. The first-order chi connectivity index (χ1) is 13.2. The number of benzene rings is 2. The van der Waals surface area contributed by atoms with Crippen molar-refractivity contribution in [3.8, 4) is 6.07 Å². The molecule has 0 bridgehead atoms. The number of para-hydroxylation sites is 1. The van der Waals surface area contributed by atoms with Gasteiger partial charge in [0.25, 0.3) is 0 Å². The Morgan fingerprint density at radius 3 is 2.67 bits per heavy atom. The fraction of sp³-hybridized carbons (Fsp3) is 0.364. The Kier molecular flexibility index (Phi) is 6.56. The molecule has 2 aromatic carbocycles. The first-order valence-electron chi connectivity index (χ1n) is 9.39. The van der Waals surface area contributed by atoms with E-state index in [1.54, 1.807) is 18.2 Å². The summed E-state index contributed by atoms with van der Waals surface area (Å²) >= 11 is 0. The van der Waals surface area contributed by atoms with Gasteiger partial charge in [0.2, 0.25) is 5.91 Å². The number of nitriles is 1. The number of nitrogens with zero attached hydrogens (tertiary/aromatic N) is 3. The summed E-state index contributed by atoms with van der Waals surface area (Å²) in [6.07, 6.45) is 3.20. The van der Waals surface area contributed by atoms with Gasteiger partial charge in [-0.15, -0.1) is 0 Å². The molecule has 0 spiro atoms. The predicted molar refractivity (Wildman–Crippen MR) is 104 cm³/mol. The molecule has 1 aliphatic rings. The van der Waals surface area contributed by atoms with E-state index in [0.717, 1.165) is 25.8 Å². The zero-order chi connectivity index (χ0) is 19.1. The van der Waals surface area contributed by atoms with Crippen LogP contribution in [-0.4, -0.2) is 36.5 Å². The minimum absolute atomic E-state index is 0.157. The third-order valence-electron chi connectivity index (χ3n) is 5.04. The van der Waals surface area contributed by atoms with Crippen molar-refractivity contribution in [2.45, 2.75) is 31.7 Å². The lowest BCUT2D eigenvalue weighted by Gasteiger charge is -2.28. The van der Waals surface area contributed by atoms with Gasteiger partial charge in [-0.25, -0.2) is 4.39 Å². The Labute approximate surface area is 159 Å². The Morgan fingerprint density at radius 1 is 1.19 bits per heavy atom. The monoisotopic (exact) mass is 365 g/mol. The van der Waals surface area contributed by atoms with E-state index in [2.05, 4.69) is 17.0 Å². The maximum absolute atomic E-state index is 14.2. The maximum atomic E-state index is 14.2. The molecule has 140 valence electrons. The largest absolute Gasteiger partial charge is 0.308 e. The molecule has 4 nitrogen and oxygen atoms in total. The average Bonchev–Trinajstić information content (AvgIpc) is 3.11. The van der Waals surface area contributed by atoms with Crippen LogP contribution >= 0.6 is 0 Å². The molecule has 1 atom stereocenters. The quantitative estimate of drug-likeness (QED) is 0.750. The molecule has 0 aromatic heterocycles. The van der Waals surface area contributed by atoms with Crippen LogP contribution < -0.4 is 4.90 Å². The Balaban J connectivity index is 1.70. The van der Waals surface area contributed by atoms with Gasteiger partial charge in [0.05, 0.1) is 24.7 Å². The first-order valence-corrected chi connectivity index (χ1v) is 9.39. The standard InChI is InChI=1S/C22H24FN3O/c23-20-11-4-5-12-21(20)26(15-7-13-24)22(27)17-25-14-6-10-19(25)16-18-8-2-1-3-9-18/h1-5,8-9,11-12,19H,6-7,10,14-17H2/t19-/m0/s1. The molecule has 1 heterocycles. The van der Waals surface area contributed by atoms with E-state index in [-0.39, 0.29) is 31.1 Å². The molecule has 1 amide bonds. The molecule has 1 fully saturated rings. The van der Waals surface area contributed by atoms with E-state index in [0.29, 0.717) is 6.04 Å². The summed E-state index contributed by atoms with van der Waals surface area (Å²) in [5, 5.41) is 8.91. The van der Waals surface area contributed by atoms with Crippen molar-refractivity contribution in [2.24, 2.45) is 0 Å². The van der Waals surface area contributed by atoms with Gasteiger partial charge < -0.3 is 4.90 Å². The van der Waals surface area contributed by atoms with Gasteiger partial charge in [-0.2, -0.15) is 5.26 Å². The van der Waals surface area contributed by atoms with E-state index in [9.17, 15) is 9.18 Å². The van der Waals surface area contributed by atoms with Crippen molar-refractivity contribution in [3.63, 3.8) is 0 Å². The number of anilines is 1. The Bertz CT molecular complexity index is 803. The normalized spacial score (nSPS) is 16.8. The number of hydrogen-bond acceptors (Lipinski definition) is 3. The highest BCUT2D eigenvalue weighted by atomic mass is 19.1. The minimum Gasteiger partial charge on any atom is -0.308 e. The zero-order valence-electron chi connectivity index (χ0n) is 15.4. The fourth-order valence-electron chi connectivity index (χ4n) is 3.69. The molecule has 1 aliphatic heterocycles. The minimum atomic E-state index is -0.439. The molecular formula is C22H24FN3O. The van der Waals surface area contributed by atoms with Crippen molar-refractivity contribution in [3.05, 3.63) is 66.0 Å². The van der Waals surface area contributed by atoms with Crippen LogP contribution in [0.25, 0.3) is 0 Å². The summed E-state index contributed by atoms with van der Waals surface area (Å²) < 4.78 is 14.2. The molecule has 0 N–H and O–H groups in total. The van der Waals surface area contributed by atoms with E-state index in [1.807, 2.05) is 24.3 Å². The van der Waals surface area contributed by atoms with Gasteiger partial charge in [-0.05, 0) is 43.5 Å². The molecule has 2 aromatic rings. The number of amides is 1. The molecule has 0 unspecified atom stereocenters. The van der Waals surface area contributed by atoms with Gasteiger partial charge in [-0.1, -0.05) is 42.5 Å². The summed E-state index contributed by atoms with van der Waals surface area (Å²) in [6.45, 7) is 1.32. The summed E-state index contributed by atoms with van der Waals surface area (Å²) in [7, 11) is 0. The van der Waals surface area contributed by atoms with E-state index < -0.39 is 5.82 Å². The van der Waals surface area contributed by atoms with Crippen LogP contribution in [0, 0.1) is 17.1 Å². The number of halogens is 1. The third-order valence-corrected chi connectivity index (χ3v) is 5.04. The summed E-state index contributed by atoms with van der Waals surface area (Å²) in [4.78, 5) is 16.6. The van der Waals surface area contributed by atoms with Crippen molar-refractivity contribution in [1.82, 2.24) is 4.90 Å². The number of likely N-dealkylation sites (tertiary alicyclic amines) is 1. The van der Waals surface area contributed by atoms with Gasteiger partial charge >= 0.3 is 0 Å². The molecule has 5 heteroatoms. The Hall–Kier alpha value is -2.71. The molecule has 3 rings (SSSR count). The summed E-state index contributed by atoms with van der Waals surface area (Å²) in [5.41, 5.74) is 1.51. The highest BCUT2D eigenvalue weighted by molar-refractivity contribution is 5.95. The van der Waals surface area contributed by atoms with Gasteiger partial charge in [0.15, 0.2) is 0 Å². The molecule has 27 heavy (non-hydrogen) atoms. The van der Waals surface area contributed by atoms with Crippen molar-refractivity contribution in [1.29, 1.82) is 5.26 Å². The van der Waals surface area contributed by atoms with Gasteiger partial charge in [0, 0.05) is 12.6 Å². The van der Waals surface area contributed by atoms with E-state index in [4.69, 9.17) is 5.26 Å². The van der Waals surface area contributed by atoms with Gasteiger partial charge in [-0.3, -0.25) is 9.69 Å². The van der Waals surface area contributed by atoms with E-state index >= 15 is 0 Å². The molecule has 0 radical (unpaired) electrons. The van der Waals surface area contributed by atoms with Crippen molar-refractivity contribution in [2.75, 3.05) is 24.5 Å². The lowest BCUT2D eigenvalue weighted by molar-refractivity contribution is -0.120. The lowest BCUT2D eigenvalue weighted by Crippen LogP contribution is -2.43. The fourth-order valence-corrected chi connectivity index (χ4v) is 3.69. The SMILES string of the molecule is N#CCCN(C(=O)CN1CCC[C@H]1Cc1ccccc1)c1ccccc1F. The van der Waals surface area contributed by atoms with Crippen LogP contribution in [0.2, 0.25) is 0 Å². The van der Waals surface area contributed by atoms with Crippen LogP contribution in [0.3, 0.4) is 0 Å². The molecule has 0 saturated carbocycles. The van der Waals surface area contributed by atoms with Gasteiger partial charge in [0.1, 0.15) is 5.82 Å². The highest BCUT2D eigenvalue weighted by Gasteiger charge is 2.29. The number of carbonyl (C=O) groups excluding carboxylic acids is 1. The van der Waals surface area contributed by atoms with Crippen LogP contribution in [0.15, 0.2) is 54.6 Å². The van der Waals surface area contributed by atoms with Crippen molar-refractivity contribution >= 4 is 11.6 Å². The van der Waals surface area contributed by atoms with E-state index in [1.165, 1.54) is 16.5 Å². The zero-order valence-corrected chi connectivity index (χ0v) is 15.4. The second kappa shape index (κ2) is 9.29. The van der Waals surface area contributed by atoms with Crippen LogP contribution in [0.1, 0.15) is 24.8 Å². The molecular weight excluding hydrogens is 341 g/mol. The van der Waals surface area contributed by atoms with Crippen LogP contribution in [0.4, 0.5) is 10.1 Å². The van der Waals surface area contributed by atoms with Crippen LogP contribution in [-0.2, 0) is 11.2 Å². The topological polar surface area (TPSA) is 47.3 Å². The number of carbonyl (C=O) groups is 1. The second-order valence-electron chi connectivity index (χ2n) is 6.86. The summed E-state index contributed by atoms with van der Waals surface area (Å²) in [6, 6.07) is 18.9.